The Morgan fingerprint density at radius 1 is 1.05 bits per heavy atom. The molecular weight excluding hydrogens is 254 g/mol. The minimum absolute atomic E-state index is 0.468. The quantitative estimate of drug-likeness (QED) is 0.810. The Hall–Kier alpha value is -0.820. The number of hydrogen-bond acceptors (Lipinski definition) is 1. The summed E-state index contributed by atoms with van der Waals surface area (Å²) in [4.78, 5) is 0. The van der Waals surface area contributed by atoms with Gasteiger partial charge in [0, 0.05) is 0 Å². The van der Waals surface area contributed by atoms with Crippen molar-refractivity contribution in [1.82, 2.24) is 5.32 Å². The fraction of sp³-hybridized carbons (Fsp3) is 0.700. The number of hydrogen-bond donors (Lipinski definition) is 1. The normalized spacial score (nSPS) is 26.8. The molecule has 1 fully saturated rings. The molecular formula is C20H33N. The van der Waals surface area contributed by atoms with Crippen molar-refractivity contribution in [3.63, 3.8) is 0 Å². The molecule has 0 aliphatic heterocycles. The molecule has 0 saturated heterocycles. The lowest BCUT2D eigenvalue weighted by Crippen LogP contribution is -2.36. The van der Waals surface area contributed by atoms with Crippen LogP contribution in [-0.4, -0.2) is 13.6 Å². The molecule has 0 radical (unpaired) electrons. The topological polar surface area (TPSA) is 12.0 Å². The van der Waals surface area contributed by atoms with E-state index >= 15 is 0 Å². The molecule has 1 N–H and O–H groups in total. The third kappa shape index (κ3) is 4.85. The zero-order chi connectivity index (χ0) is 15.3. The van der Waals surface area contributed by atoms with Crippen LogP contribution in [0.3, 0.4) is 0 Å². The van der Waals surface area contributed by atoms with Crippen molar-refractivity contribution in [2.45, 2.75) is 52.9 Å². The number of benzene rings is 1. The molecule has 1 heteroatoms. The second kappa shape index (κ2) is 7.45. The van der Waals surface area contributed by atoms with Gasteiger partial charge < -0.3 is 5.32 Å². The Morgan fingerprint density at radius 2 is 1.76 bits per heavy atom. The maximum Gasteiger partial charge on any atom is -0.00209 e. The van der Waals surface area contributed by atoms with E-state index in [1.54, 1.807) is 0 Å². The van der Waals surface area contributed by atoms with Gasteiger partial charge in [0.2, 0.25) is 0 Å². The van der Waals surface area contributed by atoms with E-state index in [4.69, 9.17) is 0 Å². The first-order valence-corrected chi connectivity index (χ1v) is 8.69. The summed E-state index contributed by atoms with van der Waals surface area (Å²) in [7, 11) is 2.10. The van der Waals surface area contributed by atoms with E-state index in [1.807, 2.05) is 0 Å². The number of rotatable bonds is 5. The summed E-state index contributed by atoms with van der Waals surface area (Å²) < 4.78 is 0. The second-order valence-corrected chi connectivity index (χ2v) is 7.98. The van der Waals surface area contributed by atoms with E-state index in [0.717, 1.165) is 17.8 Å². The molecule has 1 nitrogen and oxygen atoms in total. The first-order valence-electron chi connectivity index (χ1n) is 8.69. The summed E-state index contributed by atoms with van der Waals surface area (Å²) in [5.74, 6) is 2.65. The van der Waals surface area contributed by atoms with Gasteiger partial charge in [0.05, 0.1) is 0 Å². The minimum atomic E-state index is 0.468. The average Bonchev–Trinajstić information content (AvgIpc) is 2.46. The van der Waals surface area contributed by atoms with Gasteiger partial charge >= 0.3 is 0 Å². The molecule has 118 valence electrons. The van der Waals surface area contributed by atoms with E-state index < -0.39 is 0 Å². The standard InChI is InChI=1S/C20H33N/c1-20(2,3)19-13-12-18(15-21-4)17(14-19)11-10-16-8-6-5-7-9-16/h5-9,17-19,21H,10-15H2,1-4H3. The SMILES string of the molecule is CNCC1CCC(C(C)(C)C)CC1CCc1ccccc1. The number of aryl methyl sites for hydroxylation is 1. The molecule has 3 atom stereocenters. The summed E-state index contributed by atoms with van der Waals surface area (Å²) in [6.45, 7) is 8.45. The molecule has 0 heterocycles. The summed E-state index contributed by atoms with van der Waals surface area (Å²) >= 11 is 0. The summed E-state index contributed by atoms with van der Waals surface area (Å²) in [6, 6.07) is 11.0. The smallest absolute Gasteiger partial charge is 0.00209 e. The first-order chi connectivity index (χ1) is 10.0. The first kappa shape index (κ1) is 16.5. The predicted octanol–water partition coefficient (Wildman–Crippen LogP) is 4.92. The molecule has 1 saturated carbocycles. The van der Waals surface area contributed by atoms with Crippen LogP contribution in [0, 0.1) is 23.2 Å². The van der Waals surface area contributed by atoms with Crippen molar-refractivity contribution >= 4 is 0 Å². The van der Waals surface area contributed by atoms with Gasteiger partial charge in [-0.1, -0.05) is 51.1 Å². The molecule has 0 amide bonds. The van der Waals surface area contributed by atoms with Crippen molar-refractivity contribution in [1.29, 1.82) is 0 Å². The van der Waals surface area contributed by atoms with E-state index in [0.29, 0.717) is 5.41 Å². The maximum absolute atomic E-state index is 3.42. The van der Waals surface area contributed by atoms with Gasteiger partial charge in [-0.3, -0.25) is 0 Å². The van der Waals surface area contributed by atoms with Crippen LogP contribution in [0.2, 0.25) is 0 Å². The Morgan fingerprint density at radius 3 is 2.38 bits per heavy atom. The molecule has 1 aromatic rings. The number of nitrogens with one attached hydrogen (secondary N) is 1. The Bertz CT molecular complexity index is 404. The largest absolute Gasteiger partial charge is 0.319 e. The van der Waals surface area contributed by atoms with Crippen molar-refractivity contribution in [3.05, 3.63) is 35.9 Å². The third-order valence-corrected chi connectivity index (χ3v) is 5.48. The highest BCUT2D eigenvalue weighted by molar-refractivity contribution is 5.14. The van der Waals surface area contributed by atoms with Gasteiger partial charge in [0.15, 0.2) is 0 Å². The van der Waals surface area contributed by atoms with Gasteiger partial charge in [-0.15, -0.1) is 0 Å². The van der Waals surface area contributed by atoms with Gasteiger partial charge in [-0.05, 0) is 74.4 Å². The molecule has 21 heavy (non-hydrogen) atoms. The molecule has 0 bridgehead atoms. The van der Waals surface area contributed by atoms with Gasteiger partial charge in [0.1, 0.15) is 0 Å². The van der Waals surface area contributed by atoms with Crippen LogP contribution in [0.4, 0.5) is 0 Å². The Kier molecular flexibility index (Phi) is 5.87. The van der Waals surface area contributed by atoms with Gasteiger partial charge in [-0.2, -0.15) is 0 Å². The van der Waals surface area contributed by atoms with E-state index in [9.17, 15) is 0 Å². The van der Waals surface area contributed by atoms with Crippen LogP contribution in [0.15, 0.2) is 30.3 Å². The molecule has 1 aromatic carbocycles. The summed E-state index contributed by atoms with van der Waals surface area (Å²) in [5, 5.41) is 3.42. The lowest BCUT2D eigenvalue weighted by molar-refractivity contribution is 0.0936. The van der Waals surface area contributed by atoms with Gasteiger partial charge in [-0.25, -0.2) is 0 Å². The van der Waals surface area contributed by atoms with Crippen molar-refractivity contribution in [2.24, 2.45) is 23.2 Å². The fourth-order valence-electron chi connectivity index (χ4n) is 3.99. The monoisotopic (exact) mass is 287 g/mol. The Labute approximate surface area is 131 Å². The third-order valence-electron chi connectivity index (χ3n) is 5.48. The zero-order valence-electron chi connectivity index (χ0n) is 14.4. The fourth-order valence-corrected chi connectivity index (χ4v) is 3.99. The second-order valence-electron chi connectivity index (χ2n) is 7.98. The van der Waals surface area contributed by atoms with Gasteiger partial charge in [0.25, 0.3) is 0 Å². The van der Waals surface area contributed by atoms with Crippen LogP contribution in [0.25, 0.3) is 0 Å². The lowest BCUT2D eigenvalue weighted by atomic mass is 9.64. The summed E-state index contributed by atoms with van der Waals surface area (Å²) in [6.07, 6.45) is 6.83. The van der Waals surface area contributed by atoms with E-state index in [-0.39, 0.29) is 0 Å². The van der Waals surface area contributed by atoms with Crippen LogP contribution in [0.5, 0.6) is 0 Å². The molecule has 3 unspecified atom stereocenters. The predicted molar refractivity (Wildman–Crippen MR) is 92.5 cm³/mol. The van der Waals surface area contributed by atoms with Crippen molar-refractivity contribution in [2.75, 3.05) is 13.6 Å². The zero-order valence-corrected chi connectivity index (χ0v) is 14.4. The van der Waals surface area contributed by atoms with Crippen molar-refractivity contribution < 1.29 is 0 Å². The molecule has 0 spiro atoms. The maximum atomic E-state index is 3.42. The van der Waals surface area contributed by atoms with Crippen LogP contribution >= 0.6 is 0 Å². The van der Waals surface area contributed by atoms with Crippen molar-refractivity contribution in [3.8, 4) is 0 Å². The average molecular weight is 287 g/mol. The van der Waals surface area contributed by atoms with Crippen LogP contribution in [-0.2, 0) is 6.42 Å². The van der Waals surface area contributed by atoms with Crippen LogP contribution in [0.1, 0.15) is 52.0 Å². The van der Waals surface area contributed by atoms with E-state index in [1.165, 1.54) is 44.2 Å². The van der Waals surface area contributed by atoms with Crippen LogP contribution < -0.4 is 5.32 Å². The molecule has 2 rings (SSSR count). The molecule has 1 aliphatic rings. The Balaban J connectivity index is 1.97. The van der Waals surface area contributed by atoms with E-state index in [2.05, 4.69) is 63.5 Å². The highest BCUT2D eigenvalue weighted by Gasteiger charge is 2.35. The highest BCUT2D eigenvalue weighted by atomic mass is 14.8. The molecule has 0 aromatic heterocycles. The molecule has 1 aliphatic carbocycles. The lowest BCUT2D eigenvalue weighted by Gasteiger charge is -2.42. The summed E-state index contributed by atoms with van der Waals surface area (Å²) in [5.41, 5.74) is 1.97. The highest BCUT2D eigenvalue weighted by Crippen LogP contribution is 2.44. The minimum Gasteiger partial charge on any atom is -0.319 e.